The number of aliphatic hydroxyl groups is 3. The second kappa shape index (κ2) is 76.6. The molecule has 5 fully saturated rings. The molecule has 6 aliphatic rings. The number of β-amino-alcohol motifs (C(OH)–C–C–N with tert-alkyl or cyclic N) is 1. The molecule has 0 atom stereocenters. The molecule has 0 aliphatic carbocycles. The standard InChI is InChI=1S/C12H16ClN5O2.C11H14ClN5O2.C10H14O3S.C7H7Cl2N.C7H6ClN3O.C7H7ClO2S.C7H15NO.C6H13NO2.C5H10O.C3H8O.C2H5BrO.C2H4O2.K.2Na.2H2O/c1-19-11-9-10(15-12(13)16-11)14-8-18(9)3-2-17-4-6-20-7-5-17;12-11-14-9-8(10(18)15-11)17(7-13-9)2-1-16-3-5-19-6-4-16;1-3-8-13-14(11,12)10-6-4-9(2)5-7-10;8-6-2-1-5(4-10)3-7(6)9;1-12-6-4-2-3-9-5(4)10-7(8)11-6;1-6-2-4-7(5-3-6)11(8,9)10;1-2-3-8-4-6-9-7-5-8;8-4-1-7-2-5-9-6-3-7;1-2-4-6-5-3-1;1-2-3-4;3-1-2-4;1-2(3)4;;;;;/h8H,2-7H2,1H3;7H,1-6H2,(H,14,15,18);4-7H,3,8H2,1-2H3;1-3H,4,10H2;3H,2H2,1H3;2-5H,1H3;2-7H2,1H3;8H,1-6H2;1-5H2;4H,2-3H2,1H3;4H,1-2H2;1H3,(H,3,4);;;;2*1H2/q;;;;;;;;;;;;3*+1;;/p-3/i2D2,4D2,5D2,6D2,7D2,8D;1D2,3D2,4D2,5D2,6D2,7D;8D2;2D,4D2;3D;;3D2,4D2,5D2,6D2,7D2;1D2,2D2,3D2,5D2,6D2;2D2,3D2,4D2,5D2;3D2;2D2;;;;;;. The van der Waals surface area contributed by atoms with Gasteiger partial charge in [0.15, 0.2) is 28.1 Å². The van der Waals surface area contributed by atoms with Gasteiger partial charge in [-0.1, -0.05) is 101 Å². The number of aliphatic hydroxyl groups excluding tert-OH is 1. The summed E-state index contributed by atoms with van der Waals surface area (Å²) in [6.07, 6.45) is -6.77. The van der Waals surface area contributed by atoms with Gasteiger partial charge in [0.1, 0.15) is 2.74 Å². The van der Waals surface area contributed by atoms with E-state index in [-0.39, 0.29) is 242 Å². The number of carbonyl (C=O) groups excluding carboxylic acids is 1. The van der Waals surface area contributed by atoms with Gasteiger partial charge in [-0.15, -0.1) is 0 Å². The average molecular weight is 2120 g/mol. The Morgan fingerprint density at radius 2 is 1.06 bits per heavy atom. The normalized spacial score (nSPS) is 30.3. The molecule has 6 aliphatic heterocycles. The predicted octanol–water partition coefficient (Wildman–Crippen LogP) is 0.211. The van der Waals surface area contributed by atoms with Crippen molar-refractivity contribution in [2.75, 3.05) is 189 Å². The van der Waals surface area contributed by atoms with Crippen molar-refractivity contribution in [2.45, 2.75) is 116 Å². The van der Waals surface area contributed by atoms with E-state index < -0.39 is 257 Å². The maximum absolute atomic E-state index is 12.2. The minimum Gasteiger partial charge on any atom is -0.870 e. The van der Waals surface area contributed by atoms with Crippen LogP contribution < -0.4 is 136 Å². The average Bonchev–Trinajstić information content (AvgIpc) is 1.65. The number of fused-ring (bicyclic) bond motifs is 3. The molecule has 8 aromatic rings. The number of halogens is 7. The van der Waals surface area contributed by atoms with Crippen molar-refractivity contribution >= 4 is 144 Å². The monoisotopic (exact) mass is 2110 g/mol. The Morgan fingerprint density at radius 3 is 1.46 bits per heavy atom. The van der Waals surface area contributed by atoms with E-state index in [9.17, 15) is 21.6 Å². The number of aryl methyl sites for hydroxylation is 4. The number of imidazole rings is 2. The quantitative estimate of drug-likeness (QED) is 0.0224. The van der Waals surface area contributed by atoms with Gasteiger partial charge in [-0.25, -0.2) is 23.4 Å². The number of hydrogen-bond acceptors (Lipinski definition) is 33. The number of methoxy groups -OCH3 is 2. The fourth-order valence-electron chi connectivity index (χ4n) is 7.11. The summed E-state index contributed by atoms with van der Waals surface area (Å²) in [5.74, 6) is -0.418. The molecule has 0 amide bonds. The molecule has 3 aromatic carbocycles. The Balaban J connectivity index is -0.00000203. The van der Waals surface area contributed by atoms with Crippen molar-refractivity contribution in [3.05, 3.63) is 138 Å². The number of alkyl halides is 1. The second-order valence-corrected chi connectivity index (χ2v) is 27.1. The second-order valence-electron chi connectivity index (χ2n) is 20.6. The summed E-state index contributed by atoms with van der Waals surface area (Å²) < 4.78 is 533. The Morgan fingerprint density at radius 1 is 0.630 bits per heavy atom. The predicted molar refractivity (Wildman–Crippen MR) is 483 cm³/mol. The number of hydrogen-bond donors (Lipinski definition) is 5. The van der Waals surface area contributed by atoms with Crippen LogP contribution in [0.5, 0.6) is 11.8 Å². The van der Waals surface area contributed by atoms with Crippen LogP contribution in [0.3, 0.4) is 0 Å². The van der Waals surface area contributed by atoms with Gasteiger partial charge in [-0.05, 0) is 142 Å². The van der Waals surface area contributed by atoms with Crippen LogP contribution in [-0.4, -0.2) is 313 Å². The summed E-state index contributed by atoms with van der Waals surface area (Å²) in [7, 11) is 0.233. The van der Waals surface area contributed by atoms with Crippen molar-refractivity contribution in [3.8, 4) is 11.8 Å². The Kier molecular flexibility index (Phi) is 34.8. The van der Waals surface area contributed by atoms with Crippen LogP contribution in [0.4, 0.5) is 5.82 Å². The first-order chi connectivity index (χ1) is 80.6. The number of H-pyrrole nitrogens is 1. The van der Waals surface area contributed by atoms with Gasteiger partial charge in [-0.2, -0.15) is 33.3 Å². The van der Waals surface area contributed by atoms with Gasteiger partial charge in [0.05, 0.1) is 163 Å². The number of nitrogens with zero attached hydrogens (tertiary/aromatic N) is 14. The number of aromatic amines is 1. The molecule has 0 radical (unpaired) electrons. The van der Waals surface area contributed by atoms with Crippen LogP contribution in [0.25, 0.3) is 22.3 Å². The first kappa shape index (κ1) is 57.6. The van der Waals surface area contributed by atoms with E-state index in [1.165, 1.54) is 64.5 Å². The third kappa shape index (κ3) is 55.3. The molecule has 0 saturated carbocycles. The van der Waals surface area contributed by atoms with Crippen LogP contribution in [0.1, 0.15) is 171 Å². The molecule has 700 valence electrons. The van der Waals surface area contributed by atoms with Crippen molar-refractivity contribution in [2.24, 2.45) is 10.7 Å². The molecule has 5 aromatic heterocycles. The van der Waals surface area contributed by atoms with E-state index >= 15 is 0 Å². The number of morpholine rings is 4. The molecule has 127 heavy (non-hydrogen) atoms. The zero-order valence-electron chi connectivity index (χ0n) is 128. The van der Waals surface area contributed by atoms with Crippen molar-refractivity contribution in [1.82, 2.24) is 68.6 Å². The first-order valence-electron chi connectivity index (χ1n) is 63.1. The van der Waals surface area contributed by atoms with Gasteiger partial charge < -0.3 is 84.2 Å². The Labute approximate surface area is 954 Å². The fraction of sp³-hybridized carbons (Fsp3) is 0.570. The van der Waals surface area contributed by atoms with E-state index in [1.54, 1.807) is 31.2 Å². The number of aromatic nitrogens is 10. The van der Waals surface area contributed by atoms with Gasteiger partial charge in [-0.3, -0.25) is 33.6 Å². The number of carboxylic acids is 1. The van der Waals surface area contributed by atoms with Crippen molar-refractivity contribution in [1.29, 1.82) is 0 Å². The minimum atomic E-state index is -4.02. The van der Waals surface area contributed by atoms with E-state index in [2.05, 4.69) is 88.7 Å². The van der Waals surface area contributed by atoms with Crippen LogP contribution in [-0.2, 0) is 77.8 Å². The van der Waals surface area contributed by atoms with Gasteiger partial charge in [0.25, 0.3) is 24.7 Å². The number of ether oxygens (including phenoxy) is 7. The Hall–Kier alpha value is -2.50. The number of carbonyl (C=O) groups is 1. The van der Waals surface area contributed by atoms with Crippen LogP contribution >= 0.6 is 84.6 Å². The third-order valence-electron chi connectivity index (χ3n) is 12.1. The number of nitrogens with one attached hydrogen (secondary N) is 1. The summed E-state index contributed by atoms with van der Waals surface area (Å²) in [6, 6.07) is 15.0. The molecule has 11 heterocycles. The number of carboxylic acid groups (broad SMARTS) is 1. The molecule has 36 nitrogen and oxygen atoms in total. The smallest absolute Gasteiger partial charge is 0.870 e. The number of aliphatic carboxylic acids is 1. The molecule has 14 rings (SSSR count). The van der Waals surface area contributed by atoms with Gasteiger partial charge in [0.2, 0.25) is 27.6 Å². The van der Waals surface area contributed by atoms with Crippen LogP contribution in [0, 0.1) is 13.8 Å². The van der Waals surface area contributed by atoms with Gasteiger partial charge in [0, 0.05) is 186 Å². The summed E-state index contributed by atoms with van der Waals surface area (Å²) in [5, 5.41) is 33.8. The maximum atomic E-state index is 12.2. The topological polar surface area (TPSA) is 487 Å². The molecule has 0 bridgehead atoms. The van der Waals surface area contributed by atoms with Crippen molar-refractivity contribution in [3.63, 3.8) is 0 Å². The largest absolute Gasteiger partial charge is 1.00 e. The van der Waals surface area contributed by atoms with E-state index in [1.807, 2.05) is 13.8 Å². The maximum Gasteiger partial charge on any atom is 1.00 e. The molecule has 0 unspecified atom stereocenters. The SMILES string of the molecule is CC(=O)[O-].Cc1ccc(S(=O)(=O)Cl)cc1.[2H]C([2H])(CC)N1C([2H])([2H])C([2H])([2H])OC([2H])([2H])C1([2H])[2H].[2H]C([2H])(CC)OS(=O)(=O)c1ccc(C)cc1.[2H]C([2H])(CO)N1C([2H])([2H])C([2H])([2H])OC([2H])([2H])C1([2H])[2H].[2H]C([2H])(O)CBr.[2H]C([2H])(O)CC.[2H]C1([2H])CC([2H])([2H])C([2H])([2H])OC1([2H])[2H].[2H]C1=Nc2nc(Cl)nc(OC)c2C1.[2H]c1cc(C([2H])([2H])N)cc(Cl)c1Cl.[2H]c1nc2nc(Cl)[nH]c(=O)c2n1CC([2H])([2H])N1C([2H])([2H])C([2H])([2H])OC([2H])([2H])C1([2H])[2H].[2H]c1nc2nc(Cl)nc(OC)c2n1CC([2H])([2H])N1C([2H])([2H])C([2H])([2H])OC([2H])([2H])C1([2H])[2H].[K+].[Na+].[Na+].[OH-].[OH-]. The number of rotatable bonds is 20. The van der Waals surface area contributed by atoms with E-state index in [0.717, 1.165) is 28.2 Å². The van der Waals surface area contributed by atoms with E-state index in [0.29, 0.717) is 22.7 Å². The number of benzene rings is 3. The van der Waals surface area contributed by atoms with Crippen molar-refractivity contribution < 1.29 is 283 Å². The summed E-state index contributed by atoms with van der Waals surface area (Å²) >= 11 is 31.0. The molecule has 5 saturated heterocycles. The number of nitrogens with two attached hydrogens (primary N) is 1. The van der Waals surface area contributed by atoms with Gasteiger partial charge >= 0.3 is 110 Å². The summed E-state index contributed by atoms with van der Waals surface area (Å²) in [5.41, 5.74) is 6.15. The summed E-state index contributed by atoms with van der Waals surface area (Å²) in [6.45, 7) is -73.8. The van der Waals surface area contributed by atoms with E-state index in [4.69, 9.17) is 191 Å². The Bertz CT molecular complexity index is 7350. The zero-order chi connectivity index (χ0) is 144. The molecule has 48 heteroatoms. The summed E-state index contributed by atoms with van der Waals surface area (Å²) in [4.78, 5) is 52.9. The zero-order valence-corrected chi connectivity index (χ0v) is 83.2. The molecule has 0 spiro atoms. The molecular formula is C79H120BrCl6KN16Na2O20S2. The first-order valence-corrected chi connectivity index (χ1v) is 39.8. The third-order valence-corrected chi connectivity index (χ3v) is 16.1. The number of aliphatic imine (C=N–C) groups is 1. The fourth-order valence-corrected chi connectivity index (χ4v) is 9.48. The molecular weight excluding hydrogens is 1930 g/mol. The van der Waals surface area contributed by atoms with Crippen LogP contribution in [0.2, 0.25) is 25.9 Å². The molecule has 8 N–H and O–H groups in total. The minimum absolute atomic E-state index is 0. The van der Waals surface area contributed by atoms with Crippen LogP contribution in [0.15, 0.2) is 98.9 Å².